The van der Waals surface area contributed by atoms with Gasteiger partial charge in [-0.1, -0.05) is 23.7 Å². The molecule has 0 unspecified atom stereocenters. The number of para-hydroxylation sites is 1. The number of ether oxygens (including phenoxy) is 1. The summed E-state index contributed by atoms with van der Waals surface area (Å²) >= 11 is 6.43. The van der Waals surface area contributed by atoms with Crippen LogP contribution in [0.1, 0.15) is 36.2 Å². The molecule has 36 heavy (non-hydrogen) atoms. The Bertz CT molecular complexity index is 1480. The lowest BCUT2D eigenvalue weighted by molar-refractivity contribution is -0.129. The average Bonchev–Trinajstić information content (AvgIpc) is 3.41. The van der Waals surface area contributed by atoms with Gasteiger partial charge in [-0.15, -0.1) is 0 Å². The summed E-state index contributed by atoms with van der Waals surface area (Å²) in [4.78, 5) is 18.5. The van der Waals surface area contributed by atoms with Crippen LogP contribution >= 0.6 is 11.6 Å². The topological polar surface area (TPSA) is 80.5 Å². The van der Waals surface area contributed by atoms with Crippen molar-refractivity contribution < 1.29 is 23.4 Å². The van der Waals surface area contributed by atoms with E-state index in [2.05, 4.69) is 10.1 Å². The van der Waals surface area contributed by atoms with Gasteiger partial charge in [-0.05, 0) is 43.7 Å². The van der Waals surface area contributed by atoms with Crippen LogP contribution in [0.25, 0.3) is 16.6 Å². The average molecular weight is 513 g/mol. The van der Waals surface area contributed by atoms with Crippen molar-refractivity contribution in [3.8, 4) is 11.4 Å². The number of likely N-dealkylation sites (tertiary alicyclic amines) is 1. The van der Waals surface area contributed by atoms with Crippen LogP contribution in [0.15, 0.2) is 48.8 Å². The number of β-amino-alcohol motifs (C(OH)–C–C–N with tert-alkyl or cyclic N) is 1. The van der Waals surface area contributed by atoms with Crippen molar-refractivity contribution >= 4 is 28.4 Å². The first-order valence-corrected chi connectivity index (χ1v) is 11.8. The van der Waals surface area contributed by atoms with Crippen molar-refractivity contribution in [3.05, 3.63) is 82.3 Å². The van der Waals surface area contributed by atoms with E-state index in [0.29, 0.717) is 39.2 Å². The Hall–Kier alpha value is -3.56. The lowest BCUT2D eigenvalue weighted by atomic mass is 10.00. The number of carbonyl (C=O) groups excluding carboxylic acids is 1. The van der Waals surface area contributed by atoms with Gasteiger partial charge < -0.3 is 14.7 Å². The van der Waals surface area contributed by atoms with E-state index in [1.54, 1.807) is 25.1 Å². The number of aryl methyl sites for hydroxylation is 1. The van der Waals surface area contributed by atoms with Crippen LogP contribution in [0.3, 0.4) is 0 Å². The van der Waals surface area contributed by atoms with E-state index in [0.717, 1.165) is 6.20 Å². The molecule has 0 radical (unpaired) electrons. The number of hydrogen-bond donors (Lipinski definition) is 1. The lowest BCUT2D eigenvalue weighted by Crippen LogP contribution is -2.30. The number of aromatic nitrogens is 3. The zero-order chi connectivity index (χ0) is 25.6. The number of pyridine rings is 1. The summed E-state index contributed by atoms with van der Waals surface area (Å²) in [5.74, 6) is -0.742. The minimum atomic E-state index is -0.758. The second kappa shape index (κ2) is 9.48. The predicted molar refractivity (Wildman–Crippen MR) is 130 cm³/mol. The normalized spacial score (nSPS) is 16.7. The molecule has 10 heteroatoms. The number of rotatable bonds is 6. The van der Waals surface area contributed by atoms with E-state index in [4.69, 9.17) is 16.3 Å². The Morgan fingerprint density at radius 2 is 2.06 bits per heavy atom. The van der Waals surface area contributed by atoms with Crippen LogP contribution in [-0.2, 0) is 11.4 Å². The zero-order valence-corrected chi connectivity index (χ0v) is 20.3. The first-order valence-electron chi connectivity index (χ1n) is 11.4. The fraction of sp³-hybridized carbons (Fsp3) is 0.269. The number of carbonyl (C=O) groups is 1. The molecule has 1 amide bonds. The highest BCUT2D eigenvalue weighted by Gasteiger charge is 2.33. The molecule has 1 fully saturated rings. The fourth-order valence-electron chi connectivity index (χ4n) is 4.62. The molecule has 0 saturated carbocycles. The van der Waals surface area contributed by atoms with Crippen molar-refractivity contribution in [1.82, 2.24) is 19.7 Å². The highest BCUT2D eigenvalue weighted by molar-refractivity contribution is 6.31. The first kappa shape index (κ1) is 24.1. The third-order valence-electron chi connectivity index (χ3n) is 6.33. The van der Waals surface area contributed by atoms with Gasteiger partial charge in [-0.2, -0.15) is 5.10 Å². The standard InChI is InChI=1S/C26H23ClF2N4O3/c1-14-6-23(33-11-17(29)10-30-33)19-4-3-5-24(26(19)31-14)36-13-21-20(7-16(28)8-22(21)27)15(2)32-12-18(34)9-25(32)35/h3-8,10-11,15,18,34H,9,12-13H2,1-2H3/t15-,18+/m0/s1. The van der Waals surface area contributed by atoms with Crippen LogP contribution in [0.2, 0.25) is 5.02 Å². The van der Waals surface area contributed by atoms with Crippen LogP contribution < -0.4 is 4.74 Å². The van der Waals surface area contributed by atoms with Gasteiger partial charge >= 0.3 is 0 Å². The number of hydrogen-bond acceptors (Lipinski definition) is 5. The Labute approximate surface area is 210 Å². The minimum Gasteiger partial charge on any atom is -0.487 e. The smallest absolute Gasteiger partial charge is 0.225 e. The fourth-order valence-corrected chi connectivity index (χ4v) is 4.89. The van der Waals surface area contributed by atoms with Crippen molar-refractivity contribution in [2.45, 2.75) is 39.0 Å². The van der Waals surface area contributed by atoms with Crippen LogP contribution in [0.5, 0.6) is 5.75 Å². The third-order valence-corrected chi connectivity index (χ3v) is 6.67. The van der Waals surface area contributed by atoms with Crippen molar-refractivity contribution in [3.63, 3.8) is 0 Å². The number of aliphatic hydroxyl groups is 1. The second-order valence-corrected chi connectivity index (χ2v) is 9.27. The maximum Gasteiger partial charge on any atom is 0.225 e. The molecule has 0 spiro atoms. The highest BCUT2D eigenvalue weighted by Crippen LogP contribution is 2.35. The molecule has 2 aromatic heterocycles. The molecule has 2 atom stereocenters. The summed E-state index contributed by atoms with van der Waals surface area (Å²) in [7, 11) is 0. The monoisotopic (exact) mass is 512 g/mol. The first-order chi connectivity index (χ1) is 17.2. The summed E-state index contributed by atoms with van der Waals surface area (Å²) in [5.41, 5.74) is 2.91. The van der Waals surface area contributed by atoms with Gasteiger partial charge in [-0.25, -0.2) is 18.4 Å². The summed E-state index contributed by atoms with van der Waals surface area (Å²) in [6, 6.07) is 9.20. The van der Waals surface area contributed by atoms with Crippen LogP contribution in [0, 0.1) is 18.6 Å². The molecule has 3 heterocycles. The predicted octanol–water partition coefficient (Wildman–Crippen LogP) is 4.89. The van der Waals surface area contributed by atoms with E-state index in [1.165, 1.54) is 27.9 Å². The number of fused-ring (bicyclic) bond motifs is 1. The van der Waals surface area contributed by atoms with Gasteiger partial charge in [0.15, 0.2) is 5.82 Å². The quantitative estimate of drug-likeness (QED) is 0.398. The molecular formula is C26H23ClF2N4O3. The number of benzene rings is 2. The van der Waals surface area contributed by atoms with E-state index in [-0.39, 0.29) is 30.5 Å². The van der Waals surface area contributed by atoms with Crippen molar-refractivity contribution in [1.29, 1.82) is 0 Å². The lowest BCUT2D eigenvalue weighted by Gasteiger charge is -2.27. The number of nitrogens with zero attached hydrogens (tertiary/aromatic N) is 4. The van der Waals surface area contributed by atoms with Gasteiger partial charge in [0.25, 0.3) is 0 Å². The van der Waals surface area contributed by atoms with Crippen molar-refractivity contribution in [2.75, 3.05) is 6.54 Å². The number of aliphatic hydroxyl groups excluding tert-OH is 1. The minimum absolute atomic E-state index is 0.0101. The molecule has 1 N–H and O–H groups in total. The maximum atomic E-state index is 14.3. The maximum absolute atomic E-state index is 14.3. The van der Waals surface area contributed by atoms with Gasteiger partial charge in [-0.3, -0.25) is 4.79 Å². The Kier molecular flexibility index (Phi) is 6.36. The largest absolute Gasteiger partial charge is 0.487 e. The van der Waals surface area contributed by atoms with Gasteiger partial charge in [0.05, 0.1) is 41.7 Å². The summed E-state index contributed by atoms with van der Waals surface area (Å²) < 4.78 is 35.5. The molecule has 0 aliphatic carbocycles. The van der Waals surface area contributed by atoms with Gasteiger partial charge in [0.2, 0.25) is 5.91 Å². The third kappa shape index (κ3) is 4.52. The Morgan fingerprint density at radius 3 is 2.75 bits per heavy atom. The Morgan fingerprint density at radius 1 is 1.25 bits per heavy atom. The van der Waals surface area contributed by atoms with E-state index in [9.17, 15) is 18.7 Å². The molecule has 2 aromatic carbocycles. The molecule has 1 aliphatic heterocycles. The van der Waals surface area contributed by atoms with E-state index >= 15 is 0 Å². The summed E-state index contributed by atoms with van der Waals surface area (Å²) in [6.45, 7) is 3.74. The molecule has 4 aromatic rings. The van der Waals surface area contributed by atoms with Gasteiger partial charge in [0, 0.05) is 23.2 Å². The van der Waals surface area contributed by atoms with Crippen LogP contribution in [0.4, 0.5) is 8.78 Å². The Balaban J connectivity index is 1.51. The second-order valence-electron chi connectivity index (χ2n) is 8.86. The number of halogens is 3. The zero-order valence-electron chi connectivity index (χ0n) is 19.6. The molecule has 5 rings (SSSR count). The molecule has 186 valence electrons. The number of amides is 1. The summed E-state index contributed by atoms with van der Waals surface area (Å²) in [5, 5.41) is 14.8. The molecular weight excluding hydrogens is 490 g/mol. The van der Waals surface area contributed by atoms with Crippen molar-refractivity contribution in [2.24, 2.45) is 0 Å². The molecule has 1 saturated heterocycles. The SMILES string of the molecule is Cc1cc(-n2cc(F)cn2)c2cccc(OCc3c(Cl)cc(F)cc3[C@H](C)N3C[C@H](O)CC3=O)c2n1. The van der Waals surface area contributed by atoms with E-state index < -0.39 is 23.8 Å². The van der Waals surface area contributed by atoms with Crippen LogP contribution in [-0.4, -0.2) is 43.3 Å². The van der Waals surface area contributed by atoms with Gasteiger partial charge in [0.1, 0.15) is 23.7 Å². The molecule has 7 nitrogen and oxygen atoms in total. The molecule has 0 bridgehead atoms. The highest BCUT2D eigenvalue weighted by atomic mass is 35.5. The molecule has 1 aliphatic rings. The van der Waals surface area contributed by atoms with E-state index in [1.807, 2.05) is 13.0 Å². The summed E-state index contributed by atoms with van der Waals surface area (Å²) in [6.07, 6.45) is 1.68.